The van der Waals surface area contributed by atoms with Gasteiger partial charge in [-0.2, -0.15) is 0 Å². The standard InChI is InChI=1S/C31H37N5O4/c1-39-23-7-3-2-4-8-24-40-28-17-15-27(16-18-28)34-21-19-33(20-22-34)26-13-11-25(12-14-26)31(37)35-29-9-5-6-10-30(29)36(38)32-35/h5-6,9-18H,2-4,7-8,19-24H2,1H3. The summed E-state index contributed by atoms with van der Waals surface area (Å²) in [5, 5.41) is 15.9. The maximum absolute atomic E-state index is 13.0. The van der Waals surface area contributed by atoms with Crippen LogP contribution < -0.4 is 19.4 Å². The minimum Gasteiger partial charge on any atom is -0.691 e. The second-order valence-electron chi connectivity index (χ2n) is 10.1. The molecule has 0 bridgehead atoms. The molecular formula is C31H37N5O4. The van der Waals surface area contributed by atoms with E-state index in [4.69, 9.17) is 9.47 Å². The van der Waals surface area contributed by atoms with Crippen LogP contribution in [0.15, 0.2) is 72.8 Å². The van der Waals surface area contributed by atoms with Crippen LogP contribution in [0.5, 0.6) is 5.75 Å². The molecule has 0 atom stereocenters. The molecule has 0 aliphatic carbocycles. The molecule has 9 heteroatoms. The van der Waals surface area contributed by atoms with Gasteiger partial charge in [0.1, 0.15) is 11.0 Å². The first-order chi connectivity index (χ1) is 19.6. The van der Waals surface area contributed by atoms with Crippen LogP contribution in [0, 0.1) is 5.21 Å². The lowest BCUT2D eigenvalue weighted by molar-refractivity contribution is -0.645. The Hall–Kier alpha value is -4.11. The van der Waals surface area contributed by atoms with Crippen molar-refractivity contribution in [1.82, 2.24) is 9.90 Å². The third-order valence-corrected chi connectivity index (χ3v) is 7.40. The number of carbonyl (C=O) groups excluding carboxylic acids is 1. The summed E-state index contributed by atoms with van der Waals surface area (Å²) in [5.41, 5.74) is 3.62. The molecule has 1 aliphatic rings. The van der Waals surface area contributed by atoms with E-state index in [1.807, 2.05) is 12.1 Å². The Morgan fingerprint density at radius 1 is 0.800 bits per heavy atom. The summed E-state index contributed by atoms with van der Waals surface area (Å²) in [6.07, 6.45) is 5.84. The van der Waals surface area contributed by atoms with Crippen LogP contribution in [0.1, 0.15) is 42.5 Å². The van der Waals surface area contributed by atoms with Crippen LogP contribution in [0.4, 0.5) is 11.4 Å². The molecule has 2 heterocycles. The van der Waals surface area contributed by atoms with E-state index in [1.165, 1.54) is 24.9 Å². The van der Waals surface area contributed by atoms with Crippen molar-refractivity contribution >= 4 is 28.3 Å². The highest BCUT2D eigenvalue weighted by atomic mass is 16.5. The topological polar surface area (TPSA) is 86.8 Å². The summed E-state index contributed by atoms with van der Waals surface area (Å²) in [7, 11) is 1.75. The number of unbranched alkanes of at least 4 members (excludes halogenated alkanes) is 4. The lowest BCUT2D eigenvalue weighted by atomic mass is 10.1. The molecule has 40 heavy (non-hydrogen) atoms. The van der Waals surface area contributed by atoms with E-state index in [2.05, 4.69) is 39.3 Å². The Labute approximate surface area is 235 Å². The molecule has 4 aromatic rings. The van der Waals surface area contributed by atoms with Crippen LogP contribution in [0.25, 0.3) is 11.0 Å². The molecule has 9 nitrogen and oxygen atoms in total. The van der Waals surface area contributed by atoms with Crippen LogP contribution in [-0.4, -0.2) is 62.3 Å². The Morgan fingerprint density at radius 3 is 2.02 bits per heavy atom. The number of benzene rings is 3. The smallest absolute Gasteiger partial charge is 0.366 e. The van der Waals surface area contributed by atoms with Gasteiger partial charge in [0.05, 0.1) is 12.2 Å². The Kier molecular flexibility index (Phi) is 9.13. The SMILES string of the molecule is COCCCCCCCOc1ccc(N2CCN(c3ccc(C(=O)n4n[n+]([O-])c5ccccc54)cc3)CC2)cc1. The average Bonchev–Trinajstić information content (AvgIpc) is 3.35. The zero-order chi connectivity index (χ0) is 27.7. The fraction of sp³-hybridized carbons (Fsp3) is 0.387. The first-order valence-electron chi connectivity index (χ1n) is 14.1. The van der Waals surface area contributed by atoms with Crippen molar-refractivity contribution in [3.05, 3.63) is 83.6 Å². The second kappa shape index (κ2) is 13.3. The fourth-order valence-electron chi connectivity index (χ4n) is 5.11. The van der Waals surface area contributed by atoms with Gasteiger partial charge in [0.2, 0.25) is 11.0 Å². The van der Waals surface area contributed by atoms with Crippen molar-refractivity contribution in [1.29, 1.82) is 0 Å². The number of piperazine rings is 1. The summed E-state index contributed by atoms with van der Waals surface area (Å²) < 4.78 is 12.2. The number of rotatable bonds is 12. The maximum Gasteiger partial charge on any atom is 0.366 e. The number of methoxy groups -OCH3 is 1. The van der Waals surface area contributed by atoms with Gasteiger partial charge in [-0.15, -0.1) is 4.85 Å². The van der Waals surface area contributed by atoms with Gasteiger partial charge in [-0.05, 0) is 73.5 Å². The van der Waals surface area contributed by atoms with Gasteiger partial charge in [0, 0.05) is 51.3 Å². The van der Waals surface area contributed by atoms with Crippen molar-refractivity contribution in [2.45, 2.75) is 32.1 Å². The van der Waals surface area contributed by atoms with Crippen molar-refractivity contribution < 1.29 is 19.1 Å². The number of carbonyl (C=O) groups is 1. The number of fused-ring (bicyclic) bond motifs is 1. The molecule has 0 unspecified atom stereocenters. The van der Waals surface area contributed by atoms with E-state index < -0.39 is 0 Å². The number of ether oxygens (including phenoxy) is 2. The molecule has 1 saturated heterocycles. The molecule has 0 radical (unpaired) electrons. The van der Waals surface area contributed by atoms with Crippen molar-refractivity contribution in [3.63, 3.8) is 0 Å². The molecule has 0 amide bonds. The predicted octanol–water partition coefficient (Wildman–Crippen LogP) is 4.66. The summed E-state index contributed by atoms with van der Waals surface area (Å²) in [6.45, 7) is 5.19. The van der Waals surface area contributed by atoms with Gasteiger partial charge in [0.25, 0.3) is 0 Å². The average molecular weight is 544 g/mol. The van der Waals surface area contributed by atoms with Crippen LogP contribution in [-0.2, 0) is 4.74 Å². The Balaban J connectivity index is 1.08. The van der Waals surface area contributed by atoms with Crippen molar-refractivity contribution in [2.75, 3.05) is 56.3 Å². The van der Waals surface area contributed by atoms with E-state index in [0.29, 0.717) is 21.4 Å². The molecule has 210 valence electrons. The molecule has 0 N–H and O–H groups in total. The van der Waals surface area contributed by atoms with E-state index in [-0.39, 0.29) is 5.91 Å². The third-order valence-electron chi connectivity index (χ3n) is 7.40. The minimum absolute atomic E-state index is 0.326. The minimum atomic E-state index is -0.326. The summed E-state index contributed by atoms with van der Waals surface area (Å²) in [6, 6.07) is 22.8. The third kappa shape index (κ3) is 6.54. The van der Waals surface area contributed by atoms with Crippen LogP contribution in [0.2, 0.25) is 0 Å². The number of nitrogens with zero attached hydrogens (tertiary/aromatic N) is 5. The van der Waals surface area contributed by atoms with Crippen molar-refractivity contribution in [2.24, 2.45) is 0 Å². The van der Waals surface area contributed by atoms with E-state index >= 15 is 0 Å². The van der Waals surface area contributed by atoms with Gasteiger partial charge < -0.3 is 24.5 Å². The normalized spacial score (nSPS) is 13.6. The zero-order valence-electron chi connectivity index (χ0n) is 23.1. The fourth-order valence-corrected chi connectivity index (χ4v) is 5.11. The molecule has 1 aliphatic heterocycles. The highest BCUT2D eigenvalue weighted by molar-refractivity contribution is 5.99. The molecule has 1 aromatic heterocycles. The van der Waals surface area contributed by atoms with Gasteiger partial charge in [-0.1, -0.05) is 36.1 Å². The highest BCUT2D eigenvalue weighted by Crippen LogP contribution is 2.24. The number of anilines is 2. The lowest BCUT2D eigenvalue weighted by Crippen LogP contribution is -2.46. The quantitative estimate of drug-likeness (QED) is 0.146. The van der Waals surface area contributed by atoms with E-state index in [9.17, 15) is 10.0 Å². The van der Waals surface area contributed by atoms with Gasteiger partial charge >= 0.3 is 5.91 Å². The monoisotopic (exact) mass is 543 g/mol. The maximum atomic E-state index is 13.0. The van der Waals surface area contributed by atoms with Crippen LogP contribution in [0.3, 0.4) is 0 Å². The first-order valence-corrected chi connectivity index (χ1v) is 14.1. The van der Waals surface area contributed by atoms with Gasteiger partial charge in [0.15, 0.2) is 0 Å². The van der Waals surface area contributed by atoms with E-state index in [1.54, 1.807) is 43.5 Å². The largest absolute Gasteiger partial charge is 0.691 e. The number of hydrogen-bond donors (Lipinski definition) is 0. The Morgan fingerprint density at radius 2 is 1.38 bits per heavy atom. The molecular weight excluding hydrogens is 506 g/mol. The first kappa shape index (κ1) is 27.5. The number of aromatic nitrogens is 3. The number of hydrogen-bond acceptors (Lipinski definition) is 7. The summed E-state index contributed by atoms with van der Waals surface area (Å²) in [5.74, 6) is 0.595. The van der Waals surface area contributed by atoms with Gasteiger partial charge in [-0.25, -0.2) is 4.79 Å². The lowest BCUT2D eigenvalue weighted by Gasteiger charge is -2.37. The highest BCUT2D eigenvalue weighted by Gasteiger charge is 2.23. The summed E-state index contributed by atoms with van der Waals surface area (Å²) >= 11 is 0. The van der Waals surface area contributed by atoms with Crippen molar-refractivity contribution in [3.8, 4) is 5.75 Å². The number of para-hydroxylation sites is 2. The molecule has 1 fully saturated rings. The Bertz CT molecular complexity index is 1380. The van der Waals surface area contributed by atoms with Crippen LogP contribution >= 0.6 is 0 Å². The molecule has 5 rings (SSSR count). The predicted molar refractivity (Wildman–Crippen MR) is 156 cm³/mol. The van der Waals surface area contributed by atoms with E-state index in [0.717, 1.165) is 68.4 Å². The van der Waals surface area contributed by atoms with Gasteiger partial charge in [-0.3, -0.25) is 0 Å². The molecule has 0 spiro atoms. The zero-order valence-corrected chi connectivity index (χ0v) is 23.1. The summed E-state index contributed by atoms with van der Waals surface area (Å²) in [4.78, 5) is 18.2. The molecule has 3 aromatic carbocycles. The molecule has 0 saturated carbocycles. The second-order valence-corrected chi connectivity index (χ2v) is 10.1.